The summed E-state index contributed by atoms with van der Waals surface area (Å²) < 4.78 is 12.5. The number of hydrogen-bond donors (Lipinski definition) is 2. The van der Waals surface area contributed by atoms with E-state index >= 15 is 0 Å². The summed E-state index contributed by atoms with van der Waals surface area (Å²) in [5, 5.41) is 19.7. The molecule has 2 aliphatic rings. The van der Waals surface area contributed by atoms with Crippen LogP contribution in [0.5, 0.6) is 23.0 Å². The summed E-state index contributed by atoms with van der Waals surface area (Å²) in [6.07, 6.45) is 1.05. The van der Waals surface area contributed by atoms with Gasteiger partial charge in [-0.15, -0.1) is 24.2 Å². The van der Waals surface area contributed by atoms with Gasteiger partial charge in [0.25, 0.3) is 0 Å². The van der Waals surface area contributed by atoms with Gasteiger partial charge < -0.3 is 19.7 Å². The smallest absolute Gasteiger partial charge is 0.140 e. The van der Waals surface area contributed by atoms with Crippen LogP contribution in [0.1, 0.15) is 42.7 Å². The van der Waals surface area contributed by atoms with E-state index in [2.05, 4.69) is 30.9 Å². The first-order valence-corrected chi connectivity index (χ1v) is 12.8. The number of likely N-dealkylation sites (tertiary alicyclic amines) is 1. The lowest BCUT2D eigenvalue weighted by Gasteiger charge is -2.34. The number of rotatable bonds is 6. The van der Waals surface area contributed by atoms with Crippen molar-refractivity contribution in [2.75, 3.05) is 19.7 Å². The minimum atomic E-state index is -0.215. The maximum atomic E-state index is 9.94. The van der Waals surface area contributed by atoms with Gasteiger partial charge >= 0.3 is 0 Å². The second-order valence-electron chi connectivity index (χ2n) is 9.26. The maximum Gasteiger partial charge on any atom is 0.140 e. The van der Waals surface area contributed by atoms with Crippen molar-refractivity contribution in [1.82, 2.24) is 4.90 Å². The van der Waals surface area contributed by atoms with Gasteiger partial charge in [-0.05, 0) is 79.4 Å². The third kappa shape index (κ3) is 5.66. The fourth-order valence-electron chi connectivity index (χ4n) is 4.76. The summed E-state index contributed by atoms with van der Waals surface area (Å²) in [7, 11) is 0. The molecule has 0 aromatic heterocycles. The summed E-state index contributed by atoms with van der Waals surface area (Å²) in [4.78, 5) is 3.41. The molecule has 0 spiro atoms. The largest absolute Gasteiger partial charge is 0.508 e. The van der Waals surface area contributed by atoms with Gasteiger partial charge in [0.05, 0.1) is 10.1 Å². The van der Waals surface area contributed by atoms with Crippen LogP contribution in [0.4, 0.5) is 0 Å². The number of hydrogen-bond acceptors (Lipinski definition) is 6. The van der Waals surface area contributed by atoms with E-state index in [0.717, 1.165) is 46.5 Å². The molecule has 7 heteroatoms. The Bertz CT molecular complexity index is 1120. The Hall–Kier alpha value is -2.54. The minimum absolute atomic E-state index is 0. The first kappa shape index (κ1) is 25.5. The summed E-state index contributed by atoms with van der Waals surface area (Å²) in [5.41, 5.74) is 2.11. The fourth-order valence-corrected chi connectivity index (χ4v) is 6.08. The normalized spacial score (nSPS) is 23.7. The SMILES string of the molecule is C[C@@H]1[C@@H](C)CCN1CCOc1ccc([C@@H]2Oc3ccc(O)cc3S[C@@H]2c2ccc(O)cc2)cc1.Cl. The molecule has 186 valence electrons. The minimum Gasteiger partial charge on any atom is -0.508 e. The Labute approximate surface area is 217 Å². The highest BCUT2D eigenvalue weighted by Crippen LogP contribution is 2.54. The van der Waals surface area contributed by atoms with E-state index in [1.165, 1.54) is 6.42 Å². The Morgan fingerprint density at radius 1 is 0.943 bits per heavy atom. The number of phenolic OH excluding ortho intramolecular Hbond substituents is 2. The number of halogens is 1. The topological polar surface area (TPSA) is 62.2 Å². The van der Waals surface area contributed by atoms with E-state index in [9.17, 15) is 10.2 Å². The summed E-state index contributed by atoms with van der Waals surface area (Å²) >= 11 is 1.66. The maximum absolute atomic E-state index is 9.94. The second-order valence-corrected chi connectivity index (χ2v) is 10.4. The molecular formula is C28H32ClNO4S. The fraction of sp³-hybridized carbons (Fsp3) is 0.357. The summed E-state index contributed by atoms with van der Waals surface area (Å²) in [5.74, 6) is 2.83. The number of fused-ring (bicyclic) bond motifs is 1. The molecule has 2 heterocycles. The molecule has 1 saturated heterocycles. The van der Waals surface area contributed by atoms with Gasteiger partial charge in [-0.3, -0.25) is 4.90 Å². The zero-order valence-corrected chi connectivity index (χ0v) is 21.6. The lowest BCUT2D eigenvalue weighted by atomic mass is 10.00. The zero-order valence-electron chi connectivity index (χ0n) is 20.0. The molecule has 1 fully saturated rings. The van der Waals surface area contributed by atoms with Crippen LogP contribution in [0.15, 0.2) is 71.6 Å². The molecule has 4 atom stereocenters. The summed E-state index contributed by atoms with van der Waals surface area (Å²) in [6, 6.07) is 21.2. The average molecular weight is 514 g/mol. The van der Waals surface area contributed by atoms with Crippen molar-refractivity contribution in [3.8, 4) is 23.0 Å². The highest BCUT2D eigenvalue weighted by molar-refractivity contribution is 7.99. The number of nitrogens with zero attached hydrogens (tertiary/aromatic N) is 1. The van der Waals surface area contributed by atoms with E-state index in [0.29, 0.717) is 12.6 Å². The second kappa shape index (κ2) is 11.0. The third-order valence-electron chi connectivity index (χ3n) is 7.06. The number of aromatic hydroxyl groups is 2. The Balaban J connectivity index is 0.00000289. The molecule has 0 saturated carbocycles. The molecular weight excluding hydrogens is 482 g/mol. The zero-order chi connectivity index (χ0) is 23.7. The van der Waals surface area contributed by atoms with Gasteiger partial charge in [-0.25, -0.2) is 0 Å². The quantitative estimate of drug-likeness (QED) is 0.387. The number of benzene rings is 3. The van der Waals surface area contributed by atoms with Crippen molar-refractivity contribution in [3.63, 3.8) is 0 Å². The Morgan fingerprint density at radius 2 is 1.63 bits per heavy atom. The van der Waals surface area contributed by atoms with Crippen molar-refractivity contribution in [2.24, 2.45) is 5.92 Å². The molecule has 2 N–H and O–H groups in total. The van der Waals surface area contributed by atoms with Crippen molar-refractivity contribution in [1.29, 1.82) is 0 Å². The monoisotopic (exact) mass is 513 g/mol. The van der Waals surface area contributed by atoms with Gasteiger partial charge in [-0.2, -0.15) is 0 Å². The Kier molecular flexibility index (Phi) is 8.05. The first-order chi connectivity index (χ1) is 16.5. The molecule has 0 radical (unpaired) electrons. The average Bonchev–Trinajstić information content (AvgIpc) is 3.16. The van der Waals surface area contributed by atoms with E-state index < -0.39 is 0 Å². The molecule has 0 unspecified atom stereocenters. The van der Waals surface area contributed by atoms with E-state index in [1.54, 1.807) is 36.0 Å². The first-order valence-electron chi connectivity index (χ1n) is 11.9. The molecule has 3 aromatic rings. The van der Waals surface area contributed by atoms with Crippen LogP contribution in [0.2, 0.25) is 0 Å². The van der Waals surface area contributed by atoms with Crippen molar-refractivity contribution in [3.05, 3.63) is 77.9 Å². The third-order valence-corrected chi connectivity index (χ3v) is 8.41. The van der Waals surface area contributed by atoms with Gasteiger partial charge in [0.15, 0.2) is 0 Å². The lowest BCUT2D eigenvalue weighted by molar-refractivity contribution is 0.189. The van der Waals surface area contributed by atoms with Gasteiger partial charge in [0.2, 0.25) is 0 Å². The molecule has 5 rings (SSSR count). The molecule has 2 aliphatic heterocycles. The molecule has 5 nitrogen and oxygen atoms in total. The number of thioether (sulfide) groups is 1. The van der Waals surface area contributed by atoms with Crippen molar-refractivity contribution in [2.45, 2.75) is 42.6 Å². The van der Waals surface area contributed by atoms with Crippen LogP contribution in [-0.4, -0.2) is 40.9 Å². The predicted molar refractivity (Wildman–Crippen MR) is 142 cm³/mol. The number of phenols is 2. The molecule has 35 heavy (non-hydrogen) atoms. The highest BCUT2D eigenvalue weighted by Gasteiger charge is 2.34. The van der Waals surface area contributed by atoms with Gasteiger partial charge in [-0.1, -0.05) is 31.2 Å². The van der Waals surface area contributed by atoms with Crippen LogP contribution in [-0.2, 0) is 0 Å². The van der Waals surface area contributed by atoms with E-state index in [-0.39, 0.29) is 35.3 Å². The van der Waals surface area contributed by atoms with Crippen LogP contribution in [0.3, 0.4) is 0 Å². The van der Waals surface area contributed by atoms with Crippen LogP contribution in [0.25, 0.3) is 0 Å². The van der Waals surface area contributed by atoms with E-state index in [1.807, 2.05) is 30.3 Å². The standard InChI is InChI=1S/C28H31NO4S.ClH/c1-18-13-14-29(19(18)2)15-16-32-24-10-5-20(6-11-24)27-28(21-3-7-22(30)8-4-21)34-26-17-23(31)9-12-25(26)33-27;/h3-12,17-19,27-28,30-31H,13-16H2,1-2H3;1H/t18-,19+,27-,28+;/m0./s1. The van der Waals surface area contributed by atoms with Crippen molar-refractivity contribution < 1.29 is 19.7 Å². The highest BCUT2D eigenvalue weighted by atomic mass is 35.5. The Morgan fingerprint density at radius 3 is 2.31 bits per heavy atom. The van der Waals surface area contributed by atoms with Crippen LogP contribution >= 0.6 is 24.2 Å². The predicted octanol–water partition coefficient (Wildman–Crippen LogP) is 6.60. The van der Waals surface area contributed by atoms with Crippen LogP contribution < -0.4 is 9.47 Å². The van der Waals surface area contributed by atoms with Crippen molar-refractivity contribution >= 4 is 24.2 Å². The molecule has 0 aliphatic carbocycles. The molecule has 0 amide bonds. The molecule has 3 aromatic carbocycles. The summed E-state index contributed by atoms with van der Waals surface area (Å²) in [6.45, 7) is 7.40. The van der Waals surface area contributed by atoms with Gasteiger partial charge in [0, 0.05) is 12.6 Å². The lowest BCUT2D eigenvalue weighted by Crippen LogP contribution is -2.33. The molecule has 0 bridgehead atoms. The van der Waals surface area contributed by atoms with E-state index in [4.69, 9.17) is 9.47 Å². The van der Waals surface area contributed by atoms with Crippen LogP contribution in [0, 0.1) is 5.92 Å². The van der Waals surface area contributed by atoms with Gasteiger partial charge in [0.1, 0.15) is 35.7 Å². The number of ether oxygens (including phenoxy) is 2.